The van der Waals surface area contributed by atoms with Crippen LogP contribution < -0.4 is 5.32 Å². The molecule has 0 aromatic rings. The number of carboxylic acid groups (broad SMARTS) is 1. The Morgan fingerprint density at radius 2 is 1.94 bits per heavy atom. The minimum absolute atomic E-state index is 0.0796. The molecule has 8 nitrogen and oxygen atoms in total. The Morgan fingerprint density at radius 3 is 2.33 bits per heavy atom. The monoisotopic (exact) mass is 262 g/mol. The van der Waals surface area contributed by atoms with Gasteiger partial charge in [-0.25, -0.2) is 9.59 Å². The third kappa shape index (κ3) is 5.00. The maximum absolute atomic E-state index is 11.6. The van der Waals surface area contributed by atoms with E-state index in [4.69, 9.17) is 10.2 Å². The van der Waals surface area contributed by atoms with Crippen LogP contribution in [-0.2, 0) is 14.3 Å². The lowest BCUT2D eigenvalue weighted by Crippen LogP contribution is -2.49. The van der Waals surface area contributed by atoms with Crippen molar-refractivity contribution < 1.29 is 29.3 Å². The molecule has 0 saturated heterocycles. The van der Waals surface area contributed by atoms with Gasteiger partial charge in [0.25, 0.3) is 0 Å². The summed E-state index contributed by atoms with van der Waals surface area (Å²) in [5, 5.41) is 19.5. The van der Waals surface area contributed by atoms with Crippen LogP contribution in [0.5, 0.6) is 0 Å². The van der Waals surface area contributed by atoms with Gasteiger partial charge in [-0.1, -0.05) is 6.92 Å². The van der Waals surface area contributed by atoms with Crippen LogP contribution in [0.3, 0.4) is 0 Å². The van der Waals surface area contributed by atoms with Crippen molar-refractivity contribution in [2.45, 2.75) is 13.0 Å². The fourth-order valence-electron chi connectivity index (χ4n) is 1.21. The Bertz CT molecular complexity index is 319. The summed E-state index contributed by atoms with van der Waals surface area (Å²) in [7, 11) is 2.65. The maximum atomic E-state index is 11.6. The van der Waals surface area contributed by atoms with E-state index >= 15 is 0 Å². The summed E-state index contributed by atoms with van der Waals surface area (Å²) in [6, 6.07) is -2.06. The molecule has 1 unspecified atom stereocenters. The number of esters is 1. The first-order valence-corrected chi connectivity index (χ1v) is 5.26. The van der Waals surface area contributed by atoms with Gasteiger partial charge in [0.15, 0.2) is 6.04 Å². The van der Waals surface area contributed by atoms with Crippen molar-refractivity contribution in [2.75, 3.05) is 27.3 Å². The minimum Gasteiger partial charge on any atom is -0.480 e. The molecule has 0 aliphatic rings. The van der Waals surface area contributed by atoms with Crippen LogP contribution in [-0.4, -0.2) is 66.4 Å². The number of aliphatic hydroxyl groups excluding tert-OH is 1. The molecule has 0 saturated carbocycles. The summed E-state index contributed by atoms with van der Waals surface area (Å²) >= 11 is 0. The fourth-order valence-corrected chi connectivity index (χ4v) is 1.21. The van der Waals surface area contributed by atoms with Gasteiger partial charge in [0.1, 0.15) is 0 Å². The summed E-state index contributed by atoms with van der Waals surface area (Å²) in [5.74, 6) is -2.32. The number of amides is 2. The highest BCUT2D eigenvalue weighted by atomic mass is 16.5. The zero-order chi connectivity index (χ0) is 14.3. The molecule has 0 rings (SSSR count). The molecule has 3 N–H and O–H groups in total. The first-order chi connectivity index (χ1) is 8.33. The largest absolute Gasteiger partial charge is 0.480 e. The van der Waals surface area contributed by atoms with E-state index in [1.807, 2.05) is 0 Å². The zero-order valence-electron chi connectivity index (χ0n) is 10.5. The third-order valence-electron chi connectivity index (χ3n) is 2.28. The van der Waals surface area contributed by atoms with Crippen molar-refractivity contribution in [1.82, 2.24) is 10.2 Å². The normalized spacial score (nSPS) is 13.3. The van der Waals surface area contributed by atoms with Crippen LogP contribution >= 0.6 is 0 Å². The summed E-state index contributed by atoms with van der Waals surface area (Å²) in [4.78, 5) is 34.4. The Morgan fingerprint density at radius 1 is 1.39 bits per heavy atom. The van der Waals surface area contributed by atoms with Gasteiger partial charge in [0.2, 0.25) is 0 Å². The van der Waals surface area contributed by atoms with Gasteiger partial charge in [0, 0.05) is 13.6 Å². The fraction of sp³-hybridized carbons (Fsp3) is 0.700. The molecule has 0 aliphatic carbocycles. The summed E-state index contributed by atoms with van der Waals surface area (Å²) in [6.45, 7) is 0.952. The molecule has 0 aliphatic heterocycles. The number of nitrogens with one attached hydrogen (secondary N) is 1. The summed E-state index contributed by atoms with van der Waals surface area (Å²) in [5.41, 5.74) is 0. The van der Waals surface area contributed by atoms with Gasteiger partial charge in [-0.15, -0.1) is 0 Å². The van der Waals surface area contributed by atoms with Crippen LogP contribution in [0.15, 0.2) is 0 Å². The lowest BCUT2D eigenvalue weighted by molar-refractivity contribution is -0.145. The standard InChI is InChI=1S/C10H18N2O6/c1-6(9(16)18-3)4-12(2)10(17)11-7(5-13)8(14)15/h6-7,13H,4-5H2,1-3H3,(H,11,17)(H,14,15)/t6?,7-/m1/s1. The molecule has 0 aromatic heterocycles. The highest BCUT2D eigenvalue weighted by molar-refractivity contribution is 5.83. The number of rotatable bonds is 6. The number of urea groups is 1. The molecule has 0 bridgehead atoms. The van der Waals surface area contributed by atoms with Crippen molar-refractivity contribution in [2.24, 2.45) is 5.92 Å². The van der Waals surface area contributed by atoms with Crippen molar-refractivity contribution in [1.29, 1.82) is 0 Å². The average Bonchev–Trinajstić information content (AvgIpc) is 2.33. The average molecular weight is 262 g/mol. The number of nitrogens with zero attached hydrogens (tertiary/aromatic N) is 1. The summed E-state index contributed by atoms with van der Waals surface area (Å²) in [6.07, 6.45) is 0. The van der Waals surface area contributed by atoms with Crippen LogP contribution in [0.2, 0.25) is 0 Å². The number of aliphatic carboxylic acids is 1. The molecule has 0 radical (unpaired) electrons. The molecule has 8 heteroatoms. The van der Waals surface area contributed by atoms with Gasteiger partial charge >= 0.3 is 18.0 Å². The second-order valence-corrected chi connectivity index (χ2v) is 3.83. The van der Waals surface area contributed by atoms with Crippen LogP contribution in [0.1, 0.15) is 6.92 Å². The third-order valence-corrected chi connectivity index (χ3v) is 2.28. The topological polar surface area (TPSA) is 116 Å². The maximum Gasteiger partial charge on any atom is 0.328 e. The number of hydrogen-bond acceptors (Lipinski definition) is 5. The van der Waals surface area contributed by atoms with E-state index in [9.17, 15) is 14.4 Å². The Hall–Kier alpha value is -1.83. The number of carbonyl (C=O) groups excluding carboxylic acids is 2. The SMILES string of the molecule is COC(=O)C(C)CN(C)C(=O)N[C@H](CO)C(=O)O. The number of carbonyl (C=O) groups is 3. The molecular formula is C10H18N2O6. The smallest absolute Gasteiger partial charge is 0.328 e. The molecular weight excluding hydrogens is 244 g/mol. The van der Waals surface area contributed by atoms with Gasteiger partial charge < -0.3 is 25.2 Å². The van der Waals surface area contributed by atoms with Gasteiger partial charge in [0.05, 0.1) is 19.6 Å². The number of hydrogen-bond donors (Lipinski definition) is 3. The van der Waals surface area contributed by atoms with E-state index in [1.165, 1.54) is 14.2 Å². The second kappa shape index (κ2) is 7.49. The molecule has 0 heterocycles. The quantitative estimate of drug-likeness (QED) is 0.522. The lowest BCUT2D eigenvalue weighted by atomic mass is 10.2. The lowest BCUT2D eigenvalue weighted by Gasteiger charge is -2.22. The molecule has 2 atom stereocenters. The van der Waals surface area contributed by atoms with Crippen molar-refractivity contribution >= 4 is 18.0 Å². The van der Waals surface area contributed by atoms with E-state index in [0.717, 1.165) is 4.90 Å². The molecule has 104 valence electrons. The van der Waals surface area contributed by atoms with Crippen molar-refractivity contribution in [3.8, 4) is 0 Å². The van der Waals surface area contributed by atoms with E-state index in [1.54, 1.807) is 6.92 Å². The van der Waals surface area contributed by atoms with Crippen LogP contribution in [0.4, 0.5) is 4.79 Å². The minimum atomic E-state index is -1.37. The predicted octanol–water partition coefficient (Wildman–Crippen LogP) is -1.12. The van der Waals surface area contributed by atoms with Gasteiger partial charge in [-0.2, -0.15) is 0 Å². The number of aliphatic hydroxyl groups is 1. The van der Waals surface area contributed by atoms with Gasteiger partial charge in [-0.05, 0) is 0 Å². The molecule has 0 aromatic carbocycles. The summed E-state index contributed by atoms with van der Waals surface area (Å²) < 4.78 is 4.50. The van der Waals surface area contributed by atoms with Crippen LogP contribution in [0.25, 0.3) is 0 Å². The molecule has 0 spiro atoms. The number of methoxy groups -OCH3 is 1. The zero-order valence-corrected chi connectivity index (χ0v) is 10.5. The highest BCUT2D eigenvalue weighted by Crippen LogP contribution is 2.01. The van der Waals surface area contributed by atoms with Gasteiger partial charge in [-0.3, -0.25) is 4.79 Å². The first kappa shape index (κ1) is 16.2. The second-order valence-electron chi connectivity index (χ2n) is 3.83. The molecule has 0 fully saturated rings. The van der Waals surface area contributed by atoms with Crippen molar-refractivity contribution in [3.05, 3.63) is 0 Å². The number of carboxylic acids is 1. The van der Waals surface area contributed by atoms with E-state index < -0.39 is 36.5 Å². The Labute approximate surface area is 105 Å². The van der Waals surface area contributed by atoms with E-state index in [-0.39, 0.29) is 6.54 Å². The first-order valence-electron chi connectivity index (χ1n) is 5.26. The van der Waals surface area contributed by atoms with E-state index in [2.05, 4.69) is 10.1 Å². The predicted molar refractivity (Wildman–Crippen MR) is 60.9 cm³/mol. The van der Waals surface area contributed by atoms with E-state index in [0.29, 0.717) is 0 Å². The Kier molecular flexibility index (Phi) is 6.73. The number of ether oxygens (including phenoxy) is 1. The van der Waals surface area contributed by atoms with Crippen LogP contribution in [0, 0.1) is 5.92 Å². The molecule has 18 heavy (non-hydrogen) atoms. The van der Waals surface area contributed by atoms with Crippen molar-refractivity contribution in [3.63, 3.8) is 0 Å². The Balaban J connectivity index is 4.34. The highest BCUT2D eigenvalue weighted by Gasteiger charge is 2.23. The molecule has 2 amide bonds.